The average Bonchev–Trinajstić information content (AvgIpc) is 3.08. The highest BCUT2D eigenvalue weighted by molar-refractivity contribution is 7.21. The molecule has 7 heteroatoms. The number of thiazole rings is 1. The summed E-state index contributed by atoms with van der Waals surface area (Å²) in [5, 5.41) is 19.7. The van der Waals surface area contributed by atoms with Crippen LogP contribution in [0, 0.1) is 0 Å². The molecule has 26 heavy (non-hydrogen) atoms. The van der Waals surface area contributed by atoms with Gasteiger partial charge >= 0.3 is 0 Å². The van der Waals surface area contributed by atoms with Crippen LogP contribution in [0.15, 0.2) is 42.5 Å². The van der Waals surface area contributed by atoms with Crippen LogP contribution in [0.4, 0.5) is 10.1 Å². The Hall–Kier alpha value is -2.22. The molecule has 138 valence electrons. The maximum atomic E-state index is 12.3. The molecule has 3 aromatic rings. The predicted molar refractivity (Wildman–Crippen MR) is 103 cm³/mol. The molecule has 0 aliphatic carbocycles. The lowest BCUT2D eigenvalue weighted by Crippen LogP contribution is -2.33. The van der Waals surface area contributed by atoms with Gasteiger partial charge in [-0.25, -0.2) is 9.37 Å². The molecule has 3 rings (SSSR count). The Morgan fingerprint density at radius 1 is 1.12 bits per heavy atom. The van der Waals surface area contributed by atoms with Crippen molar-refractivity contribution in [2.45, 2.75) is 12.2 Å². The molecule has 0 saturated heterocycles. The number of nitrogens with zero attached hydrogens (tertiary/aromatic N) is 2. The van der Waals surface area contributed by atoms with Crippen molar-refractivity contribution in [1.82, 2.24) is 4.98 Å². The summed E-state index contributed by atoms with van der Waals surface area (Å²) in [6, 6.07) is 13.6. The van der Waals surface area contributed by atoms with E-state index in [1.165, 1.54) is 0 Å². The van der Waals surface area contributed by atoms with Gasteiger partial charge in [0, 0.05) is 25.3 Å². The van der Waals surface area contributed by atoms with Gasteiger partial charge in [0.1, 0.15) is 36.2 Å². The van der Waals surface area contributed by atoms with Gasteiger partial charge in [-0.2, -0.15) is 0 Å². The molecule has 0 spiro atoms. The van der Waals surface area contributed by atoms with Crippen LogP contribution in [0.25, 0.3) is 20.8 Å². The summed E-state index contributed by atoms with van der Waals surface area (Å²) >= 11 is 1.55. The first-order chi connectivity index (χ1) is 12.5. The van der Waals surface area contributed by atoms with Crippen LogP contribution >= 0.6 is 11.3 Å². The minimum atomic E-state index is -1.43. The van der Waals surface area contributed by atoms with Gasteiger partial charge in [-0.05, 0) is 42.5 Å². The lowest BCUT2D eigenvalue weighted by atomic mass is 10.2. The topological polar surface area (TPSA) is 65.8 Å². The molecular formula is C19H21FN2O3S. The van der Waals surface area contributed by atoms with Gasteiger partial charge in [0.05, 0.1) is 10.2 Å². The number of fused-ring (bicyclic) bond motifs is 1. The van der Waals surface area contributed by atoms with Crippen molar-refractivity contribution >= 4 is 27.2 Å². The van der Waals surface area contributed by atoms with Crippen LogP contribution in [0.3, 0.4) is 0 Å². The highest BCUT2D eigenvalue weighted by atomic mass is 32.1. The van der Waals surface area contributed by atoms with Gasteiger partial charge < -0.3 is 19.8 Å². The average molecular weight is 376 g/mol. The first kappa shape index (κ1) is 18.6. The second kappa shape index (κ2) is 7.99. The maximum Gasteiger partial charge on any atom is 0.124 e. The van der Waals surface area contributed by atoms with Crippen LogP contribution in [0.5, 0.6) is 5.75 Å². The summed E-state index contributed by atoms with van der Waals surface area (Å²) < 4.78 is 18.7. The van der Waals surface area contributed by atoms with Crippen molar-refractivity contribution in [2.75, 3.05) is 32.3 Å². The van der Waals surface area contributed by atoms with E-state index in [-0.39, 0.29) is 6.61 Å². The number of aliphatic hydroxyl groups excluding tert-OH is 2. The van der Waals surface area contributed by atoms with Gasteiger partial charge in [0.15, 0.2) is 0 Å². The number of halogens is 1. The maximum absolute atomic E-state index is 12.3. The second-order valence-electron chi connectivity index (χ2n) is 6.19. The van der Waals surface area contributed by atoms with Crippen LogP contribution < -0.4 is 9.64 Å². The van der Waals surface area contributed by atoms with E-state index in [0.29, 0.717) is 5.75 Å². The normalized spacial score (nSPS) is 13.6. The zero-order chi connectivity index (χ0) is 18.7. The molecule has 0 bridgehead atoms. The van der Waals surface area contributed by atoms with Crippen molar-refractivity contribution in [1.29, 1.82) is 0 Å². The van der Waals surface area contributed by atoms with Crippen molar-refractivity contribution in [3.8, 4) is 16.3 Å². The van der Waals surface area contributed by atoms with Gasteiger partial charge in [0.2, 0.25) is 0 Å². The summed E-state index contributed by atoms with van der Waals surface area (Å²) in [4.78, 5) is 6.69. The molecule has 0 radical (unpaired) electrons. The van der Waals surface area contributed by atoms with E-state index >= 15 is 0 Å². The van der Waals surface area contributed by atoms with Crippen LogP contribution in [-0.2, 0) is 0 Å². The number of anilines is 1. The molecule has 0 aliphatic rings. The van der Waals surface area contributed by atoms with E-state index in [0.717, 1.165) is 26.5 Å². The van der Waals surface area contributed by atoms with Gasteiger partial charge in [0.25, 0.3) is 0 Å². The monoisotopic (exact) mass is 376 g/mol. The molecule has 0 amide bonds. The van der Waals surface area contributed by atoms with E-state index in [2.05, 4.69) is 4.98 Å². The predicted octanol–water partition coefficient (Wildman–Crippen LogP) is 3.10. The third-order valence-electron chi connectivity index (χ3n) is 4.01. The molecule has 0 fully saturated rings. The first-order valence-corrected chi connectivity index (χ1v) is 9.03. The number of alkyl halides is 1. The standard InChI is InChI=1S/C19H21FN2O3S/c1-22(2)13-5-3-12(4-6-13)19-21-15-8-7-14(9-18(15)26-19)25-11-17(24)16(23)10-20/h3-9,16-17,23-24H,10-11H2,1-2H3. The Labute approximate surface area is 155 Å². The van der Waals surface area contributed by atoms with Crippen molar-refractivity contribution < 1.29 is 19.3 Å². The van der Waals surface area contributed by atoms with E-state index < -0.39 is 18.9 Å². The molecule has 2 aromatic carbocycles. The van der Waals surface area contributed by atoms with E-state index in [9.17, 15) is 14.6 Å². The van der Waals surface area contributed by atoms with E-state index in [1.807, 2.05) is 55.4 Å². The SMILES string of the molecule is CN(C)c1ccc(-c2nc3ccc(OCC(O)C(O)CF)cc3s2)cc1. The third-order valence-corrected chi connectivity index (χ3v) is 5.08. The Kier molecular flexibility index (Phi) is 5.70. The van der Waals surface area contributed by atoms with Crippen molar-refractivity contribution in [2.24, 2.45) is 0 Å². The number of rotatable bonds is 7. The summed E-state index contributed by atoms with van der Waals surface area (Å²) in [7, 11) is 4.00. The minimum absolute atomic E-state index is 0.172. The summed E-state index contributed by atoms with van der Waals surface area (Å²) in [6.45, 7) is -1.18. The number of aromatic nitrogens is 1. The largest absolute Gasteiger partial charge is 0.491 e. The van der Waals surface area contributed by atoms with Gasteiger partial charge in [-0.15, -0.1) is 11.3 Å². The Morgan fingerprint density at radius 3 is 2.50 bits per heavy atom. The fourth-order valence-electron chi connectivity index (χ4n) is 2.42. The van der Waals surface area contributed by atoms with Gasteiger partial charge in [-0.1, -0.05) is 0 Å². The number of hydrogen-bond acceptors (Lipinski definition) is 6. The molecule has 1 heterocycles. The number of aliphatic hydroxyl groups is 2. The molecule has 1 aromatic heterocycles. The van der Waals surface area contributed by atoms with E-state index in [1.54, 1.807) is 17.4 Å². The summed E-state index contributed by atoms with van der Waals surface area (Å²) in [5.74, 6) is 0.542. The summed E-state index contributed by atoms with van der Waals surface area (Å²) in [5.41, 5.74) is 3.03. The summed E-state index contributed by atoms with van der Waals surface area (Å²) in [6.07, 6.45) is -2.69. The lowest BCUT2D eigenvalue weighted by Gasteiger charge is -2.15. The first-order valence-electron chi connectivity index (χ1n) is 8.21. The minimum Gasteiger partial charge on any atom is -0.491 e. The highest BCUT2D eigenvalue weighted by Crippen LogP contribution is 2.33. The third kappa shape index (κ3) is 4.12. The second-order valence-corrected chi connectivity index (χ2v) is 7.22. The van der Waals surface area contributed by atoms with Crippen molar-refractivity contribution in [3.05, 3.63) is 42.5 Å². The molecule has 2 atom stereocenters. The molecular weight excluding hydrogens is 355 g/mol. The van der Waals surface area contributed by atoms with E-state index in [4.69, 9.17) is 4.74 Å². The molecule has 2 N–H and O–H groups in total. The fraction of sp³-hybridized carbons (Fsp3) is 0.316. The Morgan fingerprint density at radius 2 is 1.85 bits per heavy atom. The Bertz CT molecular complexity index is 867. The number of ether oxygens (including phenoxy) is 1. The highest BCUT2D eigenvalue weighted by Gasteiger charge is 2.17. The van der Waals surface area contributed by atoms with Crippen LogP contribution in [0.1, 0.15) is 0 Å². The molecule has 0 aliphatic heterocycles. The fourth-order valence-corrected chi connectivity index (χ4v) is 3.42. The zero-order valence-corrected chi connectivity index (χ0v) is 15.4. The lowest BCUT2D eigenvalue weighted by molar-refractivity contribution is -0.0186. The Balaban J connectivity index is 1.77. The van der Waals surface area contributed by atoms with Crippen molar-refractivity contribution in [3.63, 3.8) is 0 Å². The number of hydrogen-bond donors (Lipinski definition) is 2. The molecule has 0 saturated carbocycles. The quantitative estimate of drug-likeness (QED) is 0.663. The molecule has 5 nitrogen and oxygen atoms in total. The zero-order valence-electron chi connectivity index (χ0n) is 14.6. The number of benzene rings is 2. The smallest absolute Gasteiger partial charge is 0.124 e. The van der Waals surface area contributed by atoms with Crippen LogP contribution in [-0.4, -0.2) is 54.8 Å². The van der Waals surface area contributed by atoms with Crippen LogP contribution in [0.2, 0.25) is 0 Å². The molecule has 2 unspecified atom stereocenters. The van der Waals surface area contributed by atoms with Gasteiger partial charge in [-0.3, -0.25) is 0 Å².